The lowest BCUT2D eigenvalue weighted by molar-refractivity contribution is 0.484. The fraction of sp³-hybridized carbons (Fsp3) is 0.169. The fourth-order valence-electron chi connectivity index (χ4n) is 13.2. The summed E-state index contributed by atoms with van der Waals surface area (Å²) in [6, 6.07) is 54.4. The summed E-state index contributed by atoms with van der Waals surface area (Å²) in [5.74, 6) is 0. The number of aromatic nitrogens is 2. The van der Waals surface area contributed by atoms with Gasteiger partial charge in [0.2, 0.25) is 5.69 Å². The van der Waals surface area contributed by atoms with Crippen molar-refractivity contribution in [3.63, 3.8) is 0 Å². The molecule has 2 unspecified atom stereocenters. The summed E-state index contributed by atoms with van der Waals surface area (Å²) in [6.45, 7) is 22.9. The van der Waals surface area contributed by atoms with E-state index >= 15 is 0 Å². The minimum Gasteiger partial charge on any atom is -0.314 e. The number of hydrogen-bond acceptors (Lipinski definition) is 7. The van der Waals surface area contributed by atoms with Crippen LogP contribution in [-0.2, 0) is 10.8 Å². The molecule has 0 amide bonds. The van der Waals surface area contributed by atoms with E-state index in [0.717, 1.165) is 132 Å². The predicted octanol–water partition coefficient (Wildman–Crippen LogP) is 17.7. The maximum absolute atomic E-state index is 12.2. The molecule has 2 bridgehead atoms. The Kier molecular flexibility index (Phi) is 9.81. The molecule has 4 aliphatic rings. The third-order valence-corrected chi connectivity index (χ3v) is 16.3. The van der Waals surface area contributed by atoms with Crippen LogP contribution in [0.1, 0.15) is 72.1 Å². The van der Waals surface area contributed by atoms with Crippen LogP contribution in [0, 0.1) is 45.6 Å². The van der Waals surface area contributed by atoms with Crippen LogP contribution in [0.5, 0.6) is 0 Å². The average molecular weight is 945 g/mol. The lowest BCUT2D eigenvalue weighted by Crippen LogP contribution is -2.30. The molecule has 7 aromatic carbocycles. The van der Waals surface area contributed by atoms with E-state index < -0.39 is 0 Å². The molecule has 2 aliphatic heterocycles. The number of nitriles is 1. The molecule has 0 N–H and O–H groups in total. The van der Waals surface area contributed by atoms with Crippen LogP contribution in [0.25, 0.3) is 27.1 Å². The van der Waals surface area contributed by atoms with Crippen molar-refractivity contribution in [1.82, 2.24) is 9.97 Å². The molecule has 0 radical (unpaired) electrons. The highest BCUT2D eigenvalue weighted by Gasteiger charge is 2.57. The lowest BCUT2D eigenvalue weighted by atomic mass is 9.74. The zero-order valence-corrected chi connectivity index (χ0v) is 41.9. The number of aryl methyl sites for hydroxylation is 4. The van der Waals surface area contributed by atoms with Gasteiger partial charge in [0.05, 0.1) is 92.8 Å². The molecule has 2 aliphatic carbocycles. The first-order valence-corrected chi connectivity index (χ1v) is 25.2. The van der Waals surface area contributed by atoms with E-state index in [1.807, 2.05) is 36.9 Å². The molecule has 8 nitrogen and oxygen atoms in total. The van der Waals surface area contributed by atoms with Gasteiger partial charge in [-0.1, -0.05) is 123 Å². The second-order valence-electron chi connectivity index (χ2n) is 20.9. The first kappa shape index (κ1) is 44.0. The Balaban J connectivity index is 1.19. The molecule has 2 atom stereocenters. The summed E-state index contributed by atoms with van der Waals surface area (Å²) in [5, 5.41) is 12.2. The summed E-state index contributed by atoms with van der Waals surface area (Å²) in [6.07, 6.45) is 10.4. The fourth-order valence-corrected chi connectivity index (χ4v) is 13.2. The molecule has 1 fully saturated rings. The summed E-state index contributed by atoms with van der Waals surface area (Å²) < 4.78 is 0. The quantitative estimate of drug-likeness (QED) is 0.154. The zero-order chi connectivity index (χ0) is 49.9. The van der Waals surface area contributed by atoms with Gasteiger partial charge >= 0.3 is 0 Å². The number of fused-ring (bicyclic) bond motifs is 9. The van der Waals surface area contributed by atoms with Crippen LogP contribution >= 0.6 is 0 Å². The minimum atomic E-state index is -0.311. The highest BCUT2D eigenvalue weighted by atomic mass is 15.3. The van der Waals surface area contributed by atoms with Gasteiger partial charge in [-0.2, -0.15) is 5.26 Å². The second kappa shape index (κ2) is 16.3. The van der Waals surface area contributed by atoms with Crippen molar-refractivity contribution in [2.24, 2.45) is 0 Å². The van der Waals surface area contributed by atoms with Crippen molar-refractivity contribution in [3.05, 3.63) is 221 Å². The molecule has 0 saturated heterocycles. The largest absolute Gasteiger partial charge is 0.314 e. The number of benzene rings is 7. The van der Waals surface area contributed by atoms with Gasteiger partial charge in [0.25, 0.3) is 0 Å². The summed E-state index contributed by atoms with van der Waals surface area (Å²) in [5.41, 5.74) is 22.0. The molecule has 9 aromatic rings. The second-order valence-corrected chi connectivity index (χ2v) is 20.9. The standard InChI is InChI=1S/C65H52N8/c1-40-16-14-17-41(2)60(40)72-53-34-46(44-20-10-8-11-21-44)24-26-49(53)70(51-28-32-68-37-55(51)72)62-48(36-66)57-58(65(6)31-30-64(57,5)39-65)59(67-7)63(62)71-50-27-25-47(45-22-12-9-13-23-45)35-54(50)73(56-38-69-33-29-52(56)71)61-42(3)18-15-19-43(61)4/h8-29,32-35,37-38H,30-31,39H2,1-6H3. The molecule has 4 heterocycles. The van der Waals surface area contributed by atoms with E-state index in [0.29, 0.717) is 22.6 Å². The Morgan fingerprint density at radius 2 is 0.890 bits per heavy atom. The molecular formula is C65H52N8. The monoisotopic (exact) mass is 944 g/mol. The SMILES string of the molecule is [C-]#[N+]c1c(N2c3ccncc3N(c3c(C)cccc3C)c3cc(-c4ccccc4)ccc32)c(N2c3ccncc3N(c3c(C)cccc3C)c3cc(-c4ccccc4)ccc32)c(C#N)c2c1C1(C)CCC2(C)C1. The van der Waals surface area contributed by atoms with Gasteiger partial charge < -0.3 is 19.6 Å². The lowest BCUT2D eigenvalue weighted by Gasteiger charge is -2.46. The molecular weight excluding hydrogens is 893 g/mol. The van der Waals surface area contributed by atoms with Crippen molar-refractivity contribution in [2.45, 2.75) is 71.6 Å². The van der Waals surface area contributed by atoms with Gasteiger partial charge in [-0.15, -0.1) is 0 Å². The Morgan fingerprint density at radius 1 is 0.466 bits per heavy atom. The Hall–Kier alpha value is -8.98. The topological polar surface area (TPSA) is 66.9 Å². The number of nitrogens with zero attached hydrogens (tertiary/aromatic N) is 8. The Labute approximate surface area is 427 Å². The van der Waals surface area contributed by atoms with Gasteiger partial charge in [0, 0.05) is 12.4 Å². The first-order valence-electron chi connectivity index (χ1n) is 25.2. The van der Waals surface area contributed by atoms with Crippen LogP contribution < -0.4 is 19.6 Å². The number of rotatable bonds is 6. The van der Waals surface area contributed by atoms with Crippen LogP contribution in [0.15, 0.2) is 170 Å². The van der Waals surface area contributed by atoms with Crippen LogP contribution in [-0.4, -0.2) is 9.97 Å². The average Bonchev–Trinajstić information content (AvgIpc) is 3.86. The van der Waals surface area contributed by atoms with Gasteiger partial charge in [0.1, 0.15) is 6.07 Å². The van der Waals surface area contributed by atoms with E-state index in [-0.39, 0.29) is 10.8 Å². The molecule has 0 spiro atoms. The predicted molar refractivity (Wildman–Crippen MR) is 297 cm³/mol. The van der Waals surface area contributed by atoms with Crippen LogP contribution in [0.2, 0.25) is 0 Å². The van der Waals surface area contributed by atoms with Crippen LogP contribution in [0.3, 0.4) is 0 Å². The molecule has 13 rings (SSSR count). The smallest absolute Gasteiger partial charge is 0.216 e. The molecule has 8 heteroatoms. The highest BCUT2D eigenvalue weighted by Crippen LogP contribution is 2.70. The molecule has 1 saturated carbocycles. The molecule has 2 aromatic heterocycles. The van der Waals surface area contributed by atoms with Gasteiger partial charge in [-0.25, -0.2) is 4.85 Å². The van der Waals surface area contributed by atoms with Crippen molar-refractivity contribution in [2.75, 3.05) is 19.6 Å². The van der Waals surface area contributed by atoms with Crippen molar-refractivity contribution in [3.8, 4) is 28.3 Å². The van der Waals surface area contributed by atoms with Crippen LogP contribution in [0.4, 0.5) is 73.9 Å². The molecule has 352 valence electrons. The number of para-hydroxylation sites is 2. The Morgan fingerprint density at radius 3 is 1.34 bits per heavy atom. The van der Waals surface area contributed by atoms with E-state index in [1.54, 1.807) is 0 Å². The maximum atomic E-state index is 12.2. The number of hydrogen-bond donors (Lipinski definition) is 0. The van der Waals surface area contributed by atoms with Crippen molar-refractivity contribution >= 4 is 73.9 Å². The first-order chi connectivity index (χ1) is 35.5. The van der Waals surface area contributed by atoms with E-state index in [9.17, 15) is 11.8 Å². The number of anilines is 12. The van der Waals surface area contributed by atoms with Crippen molar-refractivity contribution in [1.29, 1.82) is 5.26 Å². The third-order valence-electron chi connectivity index (χ3n) is 16.3. The summed E-state index contributed by atoms with van der Waals surface area (Å²) >= 11 is 0. The normalized spacial score (nSPS) is 17.8. The summed E-state index contributed by atoms with van der Waals surface area (Å²) in [7, 11) is 0. The van der Waals surface area contributed by atoms with Crippen molar-refractivity contribution < 1.29 is 0 Å². The van der Waals surface area contributed by atoms with Gasteiger partial charge in [0.15, 0.2) is 0 Å². The van der Waals surface area contributed by atoms with E-state index in [1.165, 1.54) is 0 Å². The minimum absolute atomic E-state index is 0.310. The number of pyridine rings is 2. The summed E-state index contributed by atoms with van der Waals surface area (Å²) in [4.78, 5) is 23.7. The Bertz CT molecular complexity index is 3580. The van der Waals surface area contributed by atoms with E-state index in [2.05, 4.69) is 201 Å². The molecule has 73 heavy (non-hydrogen) atoms. The van der Waals surface area contributed by atoms with E-state index in [4.69, 9.17) is 14.8 Å². The van der Waals surface area contributed by atoms with Gasteiger partial charge in [-0.3, -0.25) is 9.97 Å². The zero-order valence-electron chi connectivity index (χ0n) is 41.9. The highest BCUT2D eigenvalue weighted by molar-refractivity contribution is 6.13. The third kappa shape index (κ3) is 6.36. The maximum Gasteiger partial charge on any atom is 0.216 e. The van der Waals surface area contributed by atoms with Gasteiger partial charge in [-0.05, 0) is 150 Å².